The maximum absolute atomic E-state index is 12.3. The highest BCUT2D eigenvalue weighted by Gasteiger charge is 2.38. The van der Waals surface area contributed by atoms with Gasteiger partial charge in [-0.2, -0.15) is 0 Å². The summed E-state index contributed by atoms with van der Waals surface area (Å²) < 4.78 is 0. The van der Waals surface area contributed by atoms with Gasteiger partial charge in [-0.25, -0.2) is 0 Å². The van der Waals surface area contributed by atoms with E-state index in [4.69, 9.17) is 5.73 Å². The van der Waals surface area contributed by atoms with Crippen LogP contribution in [0.3, 0.4) is 0 Å². The van der Waals surface area contributed by atoms with E-state index < -0.39 is 0 Å². The van der Waals surface area contributed by atoms with Crippen LogP contribution >= 0.6 is 0 Å². The van der Waals surface area contributed by atoms with E-state index in [1.54, 1.807) is 0 Å². The number of hydrogen-bond donors (Lipinski definition) is 2. The number of rotatable bonds is 5. The van der Waals surface area contributed by atoms with Crippen LogP contribution in [-0.4, -0.2) is 18.0 Å². The molecular weight excluding hydrogens is 224 g/mol. The number of nitrogens with two attached hydrogens (primary N) is 1. The van der Waals surface area contributed by atoms with Gasteiger partial charge >= 0.3 is 0 Å². The first-order valence-corrected chi connectivity index (χ1v) is 6.65. The Bertz CT molecular complexity index is 436. The fourth-order valence-electron chi connectivity index (χ4n) is 2.38. The first-order chi connectivity index (χ1) is 8.54. The van der Waals surface area contributed by atoms with Crippen LogP contribution in [-0.2, 0) is 6.42 Å². The van der Waals surface area contributed by atoms with Crippen molar-refractivity contribution in [1.82, 2.24) is 5.32 Å². The first kappa shape index (κ1) is 13.1. The summed E-state index contributed by atoms with van der Waals surface area (Å²) in [7, 11) is 0. The topological polar surface area (TPSA) is 55.1 Å². The Kier molecular flexibility index (Phi) is 3.71. The summed E-state index contributed by atoms with van der Waals surface area (Å²) in [6, 6.07) is 7.71. The summed E-state index contributed by atoms with van der Waals surface area (Å²) in [5.74, 6) is 0.652. The Hall–Kier alpha value is -1.35. The predicted octanol–water partition coefficient (Wildman–Crippen LogP) is 2.11. The van der Waals surface area contributed by atoms with Crippen molar-refractivity contribution in [2.45, 2.75) is 38.6 Å². The van der Waals surface area contributed by atoms with Crippen molar-refractivity contribution in [3.63, 3.8) is 0 Å². The first-order valence-electron chi connectivity index (χ1n) is 6.65. The molecule has 1 amide bonds. The highest BCUT2D eigenvalue weighted by Crippen LogP contribution is 2.39. The van der Waals surface area contributed by atoms with Crippen LogP contribution in [0.2, 0.25) is 0 Å². The second-order valence-corrected chi connectivity index (χ2v) is 5.65. The molecule has 0 atom stereocenters. The maximum Gasteiger partial charge on any atom is 0.251 e. The van der Waals surface area contributed by atoms with E-state index in [9.17, 15) is 4.79 Å². The molecule has 3 N–H and O–H groups in total. The lowest BCUT2D eigenvalue weighted by molar-refractivity contribution is 0.0902. The van der Waals surface area contributed by atoms with Gasteiger partial charge in [-0.15, -0.1) is 0 Å². The second kappa shape index (κ2) is 5.11. The van der Waals surface area contributed by atoms with E-state index in [0.717, 1.165) is 17.5 Å². The van der Waals surface area contributed by atoms with Crippen LogP contribution < -0.4 is 11.1 Å². The van der Waals surface area contributed by atoms with Crippen LogP contribution in [0.5, 0.6) is 0 Å². The van der Waals surface area contributed by atoms with Crippen molar-refractivity contribution < 1.29 is 4.79 Å². The standard InChI is InChI=1S/C15H22N2O/c1-15(2,12-7-8-12)17-14(18)13-6-4-3-5-11(13)9-10-16/h3-6,12H,7-10,16H2,1-2H3,(H,17,18). The molecule has 0 spiro atoms. The normalized spacial score (nSPS) is 15.5. The van der Waals surface area contributed by atoms with Crippen molar-refractivity contribution in [3.05, 3.63) is 35.4 Å². The molecule has 2 rings (SSSR count). The zero-order valence-corrected chi connectivity index (χ0v) is 11.2. The Labute approximate surface area is 109 Å². The van der Waals surface area contributed by atoms with E-state index >= 15 is 0 Å². The molecule has 1 saturated carbocycles. The largest absolute Gasteiger partial charge is 0.347 e. The smallest absolute Gasteiger partial charge is 0.251 e. The van der Waals surface area contributed by atoms with Gasteiger partial charge in [0.2, 0.25) is 0 Å². The molecule has 3 nitrogen and oxygen atoms in total. The minimum Gasteiger partial charge on any atom is -0.347 e. The second-order valence-electron chi connectivity index (χ2n) is 5.65. The third-order valence-electron chi connectivity index (χ3n) is 3.71. The van der Waals surface area contributed by atoms with Crippen LogP contribution in [0.4, 0.5) is 0 Å². The zero-order chi connectivity index (χ0) is 13.2. The third kappa shape index (κ3) is 2.91. The fourth-order valence-corrected chi connectivity index (χ4v) is 2.38. The van der Waals surface area contributed by atoms with E-state index in [-0.39, 0.29) is 11.4 Å². The molecule has 98 valence electrons. The van der Waals surface area contributed by atoms with Gasteiger partial charge in [-0.1, -0.05) is 18.2 Å². The van der Waals surface area contributed by atoms with Gasteiger partial charge in [-0.3, -0.25) is 4.79 Å². The SMILES string of the molecule is CC(C)(NC(=O)c1ccccc1CCN)C1CC1. The van der Waals surface area contributed by atoms with Gasteiger partial charge in [0, 0.05) is 11.1 Å². The molecule has 0 heterocycles. The summed E-state index contributed by atoms with van der Waals surface area (Å²) in [5.41, 5.74) is 7.27. The molecule has 0 saturated heterocycles. The number of benzene rings is 1. The molecule has 3 heteroatoms. The van der Waals surface area contributed by atoms with Gasteiger partial charge in [0.25, 0.3) is 5.91 Å². The number of carbonyl (C=O) groups excluding carboxylic acids is 1. The Morgan fingerprint density at radius 2 is 2.06 bits per heavy atom. The lowest BCUT2D eigenvalue weighted by atomic mass is 9.97. The molecule has 1 aromatic carbocycles. The highest BCUT2D eigenvalue weighted by molar-refractivity contribution is 5.96. The van der Waals surface area contributed by atoms with Crippen molar-refractivity contribution in [2.75, 3.05) is 6.54 Å². The predicted molar refractivity (Wildman–Crippen MR) is 73.5 cm³/mol. The Balaban J connectivity index is 2.13. The minimum absolute atomic E-state index is 0.0240. The van der Waals surface area contributed by atoms with Crippen molar-refractivity contribution in [1.29, 1.82) is 0 Å². The fraction of sp³-hybridized carbons (Fsp3) is 0.533. The Morgan fingerprint density at radius 3 is 2.67 bits per heavy atom. The van der Waals surface area contributed by atoms with Gasteiger partial charge in [-0.05, 0) is 57.2 Å². The minimum atomic E-state index is -0.104. The van der Waals surface area contributed by atoms with E-state index in [1.807, 2.05) is 24.3 Å². The molecule has 0 aliphatic heterocycles. The molecule has 0 radical (unpaired) electrons. The molecule has 18 heavy (non-hydrogen) atoms. The van der Waals surface area contributed by atoms with Crippen LogP contribution in [0.25, 0.3) is 0 Å². The molecule has 0 aromatic heterocycles. The number of nitrogens with one attached hydrogen (secondary N) is 1. The van der Waals surface area contributed by atoms with Gasteiger partial charge in [0.15, 0.2) is 0 Å². The van der Waals surface area contributed by atoms with Gasteiger partial charge in [0.1, 0.15) is 0 Å². The third-order valence-corrected chi connectivity index (χ3v) is 3.71. The monoisotopic (exact) mass is 246 g/mol. The Morgan fingerprint density at radius 1 is 1.39 bits per heavy atom. The highest BCUT2D eigenvalue weighted by atomic mass is 16.1. The van der Waals surface area contributed by atoms with Crippen molar-refractivity contribution in [3.8, 4) is 0 Å². The van der Waals surface area contributed by atoms with E-state index in [0.29, 0.717) is 12.5 Å². The molecule has 1 aromatic rings. The van der Waals surface area contributed by atoms with Crippen LogP contribution in [0.15, 0.2) is 24.3 Å². The van der Waals surface area contributed by atoms with E-state index in [1.165, 1.54) is 12.8 Å². The maximum atomic E-state index is 12.3. The molecule has 0 bridgehead atoms. The van der Waals surface area contributed by atoms with E-state index in [2.05, 4.69) is 19.2 Å². The summed E-state index contributed by atoms with van der Waals surface area (Å²) in [5, 5.41) is 3.15. The molecule has 0 unspecified atom stereocenters. The zero-order valence-electron chi connectivity index (χ0n) is 11.2. The van der Waals surface area contributed by atoms with Crippen molar-refractivity contribution >= 4 is 5.91 Å². The van der Waals surface area contributed by atoms with Crippen LogP contribution in [0.1, 0.15) is 42.6 Å². The molecule has 1 aliphatic carbocycles. The van der Waals surface area contributed by atoms with Crippen LogP contribution in [0, 0.1) is 5.92 Å². The summed E-state index contributed by atoms with van der Waals surface area (Å²) in [4.78, 5) is 12.3. The molecule has 1 aliphatic rings. The quantitative estimate of drug-likeness (QED) is 0.836. The molecular formula is C15H22N2O. The van der Waals surface area contributed by atoms with Gasteiger partial charge < -0.3 is 11.1 Å². The molecule has 1 fully saturated rings. The average molecular weight is 246 g/mol. The van der Waals surface area contributed by atoms with Gasteiger partial charge in [0.05, 0.1) is 0 Å². The lowest BCUT2D eigenvalue weighted by Gasteiger charge is -2.26. The number of carbonyl (C=O) groups is 1. The number of amides is 1. The summed E-state index contributed by atoms with van der Waals surface area (Å²) in [6.45, 7) is 4.78. The summed E-state index contributed by atoms with van der Waals surface area (Å²) in [6.07, 6.45) is 3.18. The summed E-state index contributed by atoms with van der Waals surface area (Å²) >= 11 is 0. The average Bonchev–Trinajstić information content (AvgIpc) is 3.13. The lowest BCUT2D eigenvalue weighted by Crippen LogP contribution is -2.45. The number of hydrogen-bond acceptors (Lipinski definition) is 2. The van der Waals surface area contributed by atoms with Crippen molar-refractivity contribution in [2.24, 2.45) is 11.7 Å².